The maximum Gasteiger partial charge on any atom is 0.251 e. The number of H-pyrrole nitrogens is 1. The van der Waals surface area contributed by atoms with Crippen molar-refractivity contribution < 1.29 is 4.74 Å². The molecule has 1 N–H and O–H groups in total. The second-order valence-electron chi connectivity index (χ2n) is 4.72. The Morgan fingerprint density at radius 1 is 1.59 bits per heavy atom. The maximum atomic E-state index is 11.4. The van der Waals surface area contributed by atoms with Crippen LogP contribution < -0.4 is 5.56 Å². The zero-order valence-electron chi connectivity index (χ0n) is 10.6. The van der Waals surface area contributed by atoms with E-state index >= 15 is 0 Å². The van der Waals surface area contributed by atoms with Gasteiger partial charge < -0.3 is 9.72 Å². The van der Waals surface area contributed by atoms with Gasteiger partial charge in [0.05, 0.1) is 6.61 Å². The van der Waals surface area contributed by atoms with Gasteiger partial charge in [0.15, 0.2) is 0 Å². The van der Waals surface area contributed by atoms with Gasteiger partial charge in [0.25, 0.3) is 5.56 Å². The molecule has 1 atom stereocenters. The quantitative estimate of drug-likeness (QED) is 0.829. The second kappa shape index (κ2) is 4.98. The minimum Gasteiger partial charge on any atom is -0.368 e. The minimum atomic E-state index is -0.126. The van der Waals surface area contributed by atoms with E-state index in [2.05, 4.69) is 28.7 Å². The van der Waals surface area contributed by atoms with Crippen LogP contribution in [0.1, 0.15) is 31.5 Å². The Morgan fingerprint density at radius 3 is 3.00 bits per heavy atom. The molecule has 94 valence electrons. The third kappa shape index (κ3) is 2.92. The Labute approximate surface area is 101 Å². The van der Waals surface area contributed by atoms with Crippen LogP contribution in [0.25, 0.3) is 0 Å². The number of morpholine rings is 1. The van der Waals surface area contributed by atoms with Gasteiger partial charge in [-0.25, -0.2) is 4.98 Å². The van der Waals surface area contributed by atoms with Crippen molar-refractivity contribution in [3.8, 4) is 0 Å². The standard InChI is InChI=1S/C12H19N3O2/c1-8(2)15-4-5-17-10(7-15)12-13-9(3)6-11(16)14-12/h6,8,10H,4-5,7H2,1-3H3,(H,13,14,16)/t10-/m1/s1. The highest BCUT2D eigenvalue weighted by molar-refractivity contribution is 5.03. The molecular weight excluding hydrogens is 218 g/mol. The van der Waals surface area contributed by atoms with E-state index in [4.69, 9.17) is 4.74 Å². The first-order valence-corrected chi connectivity index (χ1v) is 6.00. The zero-order valence-corrected chi connectivity index (χ0v) is 10.6. The summed E-state index contributed by atoms with van der Waals surface area (Å²) in [5.41, 5.74) is 0.617. The molecule has 1 aliphatic rings. The number of aryl methyl sites for hydroxylation is 1. The van der Waals surface area contributed by atoms with Crippen LogP contribution in [0, 0.1) is 6.92 Å². The summed E-state index contributed by atoms with van der Waals surface area (Å²) in [6.07, 6.45) is -0.126. The second-order valence-corrected chi connectivity index (χ2v) is 4.72. The van der Waals surface area contributed by atoms with Gasteiger partial charge in [-0.15, -0.1) is 0 Å². The van der Waals surface area contributed by atoms with Crippen molar-refractivity contribution in [2.24, 2.45) is 0 Å². The normalized spacial score (nSPS) is 22.0. The van der Waals surface area contributed by atoms with Crippen molar-refractivity contribution in [2.75, 3.05) is 19.7 Å². The van der Waals surface area contributed by atoms with E-state index < -0.39 is 0 Å². The molecule has 1 fully saturated rings. The Bertz CT molecular complexity index is 442. The van der Waals surface area contributed by atoms with Gasteiger partial charge in [-0.3, -0.25) is 9.69 Å². The molecule has 0 aromatic carbocycles. The lowest BCUT2D eigenvalue weighted by atomic mass is 10.2. The fourth-order valence-corrected chi connectivity index (χ4v) is 2.06. The van der Waals surface area contributed by atoms with Crippen LogP contribution in [0.15, 0.2) is 10.9 Å². The number of hydrogen-bond donors (Lipinski definition) is 1. The number of hydrogen-bond acceptors (Lipinski definition) is 4. The Morgan fingerprint density at radius 2 is 2.35 bits per heavy atom. The molecular formula is C12H19N3O2. The van der Waals surface area contributed by atoms with E-state index in [-0.39, 0.29) is 11.7 Å². The van der Waals surface area contributed by atoms with E-state index in [1.54, 1.807) is 0 Å². The molecule has 1 saturated heterocycles. The fourth-order valence-electron chi connectivity index (χ4n) is 2.06. The van der Waals surface area contributed by atoms with Gasteiger partial charge in [-0.05, 0) is 20.8 Å². The maximum absolute atomic E-state index is 11.4. The van der Waals surface area contributed by atoms with E-state index in [0.29, 0.717) is 18.5 Å². The topological polar surface area (TPSA) is 58.2 Å². The van der Waals surface area contributed by atoms with Gasteiger partial charge in [0.2, 0.25) is 0 Å². The van der Waals surface area contributed by atoms with Gasteiger partial charge in [0.1, 0.15) is 11.9 Å². The average Bonchev–Trinajstić information content (AvgIpc) is 2.28. The highest BCUT2D eigenvalue weighted by Crippen LogP contribution is 2.19. The summed E-state index contributed by atoms with van der Waals surface area (Å²) in [7, 11) is 0. The van der Waals surface area contributed by atoms with Crippen molar-refractivity contribution in [2.45, 2.75) is 32.9 Å². The van der Waals surface area contributed by atoms with Crippen LogP contribution >= 0.6 is 0 Å². The molecule has 0 bridgehead atoms. The Hall–Kier alpha value is -1.20. The summed E-state index contributed by atoms with van der Waals surface area (Å²) >= 11 is 0. The third-order valence-electron chi connectivity index (χ3n) is 3.02. The van der Waals surface area contributed by atoms with E-state index in [0.717, 1.165) is 18.8 Å². The number of aromatic nitrogens is 2. The lowest BCUT2D eigenvalue weighted by molar-refractivity contribution is -0.0444. The Kier molecular flexibility index (Phi) is 3.59. The molecule has 5 heteroatoms. The van der Waals surface area contributed by atoms with Crippen LogP contribution in [0.4, 0.5) is 0 Å². The first-order chi connectivity index (χ1) is 8.06. The van der Waals surface area contributed by atoms with Crippen LogP contribution in [0.2, 0.25) is 0 Å². The molecule has 17 heavy (non-hydrogen) atoms. The van der Waals surface area contributed by atoms with Gasteiger partial charge >= 0.3 is 0 Å². The molecule has 1 aromatic heterocycles. The molecule has 2 heterocycles. The molecule has 0 amide bonds. The smallest absolute Gasteiger partial charge is 0.251 e. The molecule has 0 radical (unpaired) electrons. The fraction of sp³-hybridized carbons (Fsp3) is 0.667. The van der Waals surface area contributed by atoms with Crippen molar-refractivity contribution in [3.63, 3.8) is 0 Å². The minimum absolute atomic E-state index is 0.113. The molecule has 5 nitrogen and oxygen atoms in total. The first-order valence-electron chi connectivity index (χ1n) is 6.00. The van der Waals surface area contributed by atoms with Crippen LogP contribution in [0.5, 0.6) is 0 Å². The Balaban J connectivity index is 2.18. The summed E-state index contributed by atoms with van der Waals surface area (Å²) in [5, 5.41) is 0. The number of ether oxygens (including phenoxy) is 1. The number of nitrogens with one attached hydrogen (secondary N) is 1. The molecule has 1 aliphatic heterocycles. The summed E-state index contributed by atoms with van der Waals surface area (Å²) in [5.74, 6) is 0.639. The molecule has 0 unspecified atom stereocenters. The number of rotatable bonds is 2. The molecule has 0 spiro atoms. The lowest BCUT2D eigenvalue weighted by Crippen LogP contribution is -2.43. The van der Waals surface area contributed by atoms with Crippen LogP contribution in [0.3, 0.4) is 0 Å². The lowest BCUT2D eigenvalue weighted by Gasteiger charge is -2.34. The van der Waals surface area contributed by atoms with E-state index in [1.807, 2.05) is 6.92 Å². The monoisotopic (exact) mass is 237 g/mol. The van der Waals surface area contributed by atoms with Gasteiger partial charge in [-0.1, -0.05) is 0 Å². The average molecular weight is 237 g/mol. The molecule has 2 rings (SSSR count). The zero-order chi connectivity index (χ0) is 12.4. The van der Waals surface area contributed by atoms with Crippen molar-refractivity contribution >= 4 is 0 Å². The van der Waals surface area contributed by atoms with Gasteiger partial charge in [-0.2, -0.15) is 0 Å². The van der Waals surface area contributed by atoms with E-state index in [9.17, 15) is 4.79 Å². The van der Waals surface area contributed by atoms with Crippen molar-refractivity contribution in [1.82, 2.24) is 14.9 Å². The number of nitrogens with zero attached hydrogens (tertiary/aromatic N) is 2. The SMILES string of the molecule is Cc1cc(=O)[nH]c([C@H]2CN(C(C)C)CCO2)n1. The molecule has 0 aliphatic carbocycles. The largest absolute Gasteiger partial charge is 0.368 e. The number of aromatic amines is 1. The van der Waals surface area contributed by atoms with Crippen LogP contribution in [-0.4, -0.2) is 40.6 Å². The van der Waals surface area contributed by atoms with Crippen molar-refractivity contribution in [3.05, 3.63) is 27.9 Å². The first kappa shape index (κ1) is 12.3. The third-order valence-corrected chi connectivity index (χ3v) is 3.02. The summed E-state index contributed by atoms with van der Waals surface area (Å²) in [4.78, 5) is 20.8. The van der Waals surface area contributed by atoms with Crippen molar-refractivity contribution in [1.29, 1.82) is 0 Å². The predicted octanol–water partition coefficient (Wildman–Crippen LogP) is 0.860. The predicted molar refractivity (Wildman–Crippen MR) is 65.0 cm³/mol. The summed E-state index contributed by atoms with van der Waals surface area (Å²) in [6, 6.07) is 1.98. The highest BCUT2D eigenvalue weighted by atomic mass is 16.5. The molecule has 1 aromatic rings. The van der Waals surface area contributed by atoms with Gasteiger partial charge in [0, 0.05) is 30.9 Å². The summed E-state index contributed by atoms with van der Waals surface area (Å²) < 4.78 is 5.68. The molecule has 0 saturated carbocycles. The summed E-state index contributed by atoms with van der Waals surface area (Å²) in [6.45, 7) is 8.54. The highest BCUT2D eigenvalue weighted by Gasteiger charge is 2.25. The van der Waals surface area contributed by atoms with E-state index in [1.165, 1.54) is 6.07 Å². The van der Waals surface area contributed by atoms with Crippen LogP contribution in [-0.2, 0) is 4.74 Å².